The smallest absolute Gasteiger partial charge is 0.366 e. The van der Waals surface area contributed by atoms with Crippen LogP contribution in [0.2, 0.25) is 0 Å². The Bertz CT molecular complexity index is 305. The van der Waals surface area contributed by atoms with E-state index in [1.165, 1.54) is 12.1 Å². The fourth-order valence-electron chi connectivity index (χ4n) is 0.743. The SMILES string of the molecule is [C-]#Cc1ccc(C(F)(F)F)cc1.[Na+]. The Morgan fingerprint density at radius 3 is 1.85 bits per heavy atom. The Labute approximate surface area is 96.4 Å². The van der Waals surface area contributed by atoms with E-state index in [0.29, 0.717) is 5.56 Å². The van der Waals surface area contributed by atoms with Gasteiger partial charge in [-0.3, -0.25) is 5.92 Å². The van der Waals surface area contributed by atoms with E-state index in [4.69, 9.17) is 6.42 Å². The van der Waals surface area contributed by atoms with Gasteiger partial charge in [0, 0.05) is 0 Å². The zero-order valence-corrected chi connectivity index (χ0v) is 8.94. The molecule has 0 aliphatic heterocycles. The molecule has 0 atom stereocenters. The maximum Gasteiger partial charge on any atom is 1.00 e. The minimum atomic E-state index is -4.31. The molecule has 0 amide bonds. The third kappa shape index (κ3) is 3.43. The van der Waals surface area contributed by atoms with Crippen molar-refractivity contribution in [2.45, 2.75) is 6.18 Å². The van der Waals surface area contributed by atoms with Crippen LogP contribution in [-0.4, -0.2) is 0 Å². The predicted octanol–water partition coefficient (Wildman–Crippen LogP) is -0.353. The molecular weight excluding hydrogens is 188 g/mol. The second kappa shape index (κ2) is 4.71. The summed E-state index contributed by atoms with van der Waals surface area (Å²) in [6.45, 7) is 0. The Morgan fingerprint density at radius 2 is 1.54 bits per heavy atom. The second-order valence-electron chi connectivity index (χ2n) is 2.20. The van der Waals surface area contributed by atoms with Crippen molar-refractivity contribution in [2.24, 2.45) is 0 Å². The number of hydrogen-bond acceptors (Lipinski definition) is 0. The summed E-state index contributed by atoms with van der Waals surface area (Å²) in [7, 11) is 0. The van der Waals surface area contributed by atoms with Gasteiger partial charge in [0.1, 0.15) is 0 Å². The summed E-state index contributed by atoms with van der Waals surface area (Å²) in [5.74, 6) is 1.99. The van der Waals surface area contributed by atoms with Crippen molar-refractivity contribution in [3.63, 3.8) is 0 Å². The first-order valence-corrected chi connectivity index (χ1v) is 3.14. The molecule has 0 saturated heterocycles. The molecule has 0 unspecified atom stereocenters. The third-order valence-corrected chi connectivity index (χ3v) is 1.36. The van der Waals surface area contributed by atoms with Gasteiger partial charge in [-0.15, -0.1) is 17.7 Å². The predicted molar refractivity (Wildman–Crippen MR) is 37.7 cm³/mol. The van der Waals surface area contributed by atoms with Crippen molar-refractivity contribution in [2.75, 3.05) is 0 Å². The summed E-state index contributed by atoms with van der Waals surface area (Å²) >= 11 is 0. The molecule has 1 rings (SSSR count). The average Bonchev–Trinajstić information content (AvgIpc) is 2.03. The quantitative estimate of drug-likeness (QED) is 0.299. The van der Waals surface area contributed by atoms with Gasteiger partial charge >= 0.3 is 35.7 Å². The first-order chi connectivity index (χ1) is 5.54. The second-order valence-corrected chi connectivity index (χ2v) is 2.20. The minimum absolute atomic E-state index is 0. The van der Waals surface area contributed by atoms with Crippen LogP contribution in [0.25, 0.3) is 0 Å². The fraction of sp³-hybridized carbons (Fsp3) is 0.111. The molecule has 62 valence electrons. The summed E-state index contributed by atoms with van der Waals surface area (Å²) in [6, 6.07) is 4.26. The molecule has 0 saturated carbocycles. The van der Waals surface area contributed by atoms with E-state index in [1.807, 2.05) is 5.92 Å². The minimum Gasteiger partial charge on any atom is -0.366 e. The van der Waals surface area contributed by atoms with Crippen molar-refractivity contribution < 1.29 is 42.7 Å². The normalized spacial score (nSPS) is 10.0. The summed E-state index contributed by atoms with van der Waals surface area (Å²) < 4.78 is 35.9. The van der Waals surface area contributed by atoms with Crippen LogP contribution in [0.3, 0.4) is 0 Å². The molecule has 1 aromatic rings. The van der Waals surface area contributed by atoms with Crippen molar-refractivity contribution in [1.82, 2.24) is 0 Å². The Hall–Kier alpha value is -0.430. The van der Waals surface area contributed by atoms with Crippen LogP contribution >= 0.6 is 0 Å². The van der Waals surface area contributed by atoms with Gasteiger partial charge in [0.2, 0.25) is 0 Å². The van der Waals surface area contributed by atoms with Crippen molar-refractivity contribution in [3.05, 3.63) is 41.8 Å². The maximum absolute atomic E-state index is 12.0. The zero-order valence-electron chi connectivity index (χ0n) is 6.94. The van der Waals surface area contributed by atoms with Crippen molar-refractivity contribution in [1.29, 1.82) is 0 Å². The summed E-state index contributed by atoms with van der Waals surface area (Å²) in [5, 5.41) is 0. The van der Waals surface area contributed by atoms with Gasteiger partial charge < -0.3 is 6.42 Å². The summed E-state index contributed by atoms with van der Waals surface area (Å²) in [5.41, 5.74) is -0.371. The molecule has 0 bridgehead atoms. The van der Waals surface area contributed by atoms with Crippen LogP contribution in [0.1, 0.15) is 11.1 Å². The van der Waals surface area contributed by atoms with E-state index < -0.39 is 11.7 Å². The van der Waals surface area contributed by atoms with E-state index in [9.17, 15) is 13.2 Å². The number of alkyl halides is 3. The van der Waals surface area contributed by atoms with E-state index in [1.54, 1.807) is 0 Å². The van der Waals surface area contributed by atoms with Gasteiger partial charge in [-0.1, -0.05) is 12.1 Å². The molecule has 0 spiro atoms. The molecule has 0 aliphatic rings. The number of halogens is 3. The molecule has 0 N–H and O–H groups in total. The molecular formula is C9H4F3Na. The van der Waals surface area contributed by atoms with Gasteiger partial charge in [0.05, 0.1) is 5.56 Å². The van der Waals surface area contributed by atoms with E-state index in [0.717, 1.165) is 12.1 Å². The maximum atomic E-state index is 12.0. The Kier molecular flexibility index (Phi) is 4.55. The van der Waals surface area contributed by atoms with Crippen molar-refractivity contribution in [3.8, 4) is 5.92 Å². The molecule has 1 aromatic carbocycles. The first-order valence-electron chi connectivity index (χ1n) is 3.14. The molecule has 0 fully saturated rings. The summed E-state index contributed by atoms with van der Waals surface area (Å²) in [4.78, 5) is 0. The molecule has 13 heavy (non-hydrogen) atoms. The van der Waals surface area contributed by atoms with E-state index in [2.05, 4.69) is 0 Å². The average molecular weight is 192 g/mol. The Morgan fingerprint density at radius 1 is 1.08 bits per heavy atom. The molecule has 0 aromatic heterocycles. The zero-order chi connectivity index (χ0) is 9.19. The number of rotatable bonds is 0. The molecule has 0 radical (unpaired) electrons. The monoisotopic (exact) mass is 192 g/mol. The van der Waals surface area contributed by atoms with Gasteiger partial charge in [0.15, 0.2) is 0 Å². The molecule has 4 heteroatoms. The van der Waals surface area contributed by atoms with Crippen LogP contribution < -0.4 is 29.6 Å². The largest absolute Gasteiger partial charge is 1.00 e. The number of benzene rings is 1. The van der Waals surface area contributed by atoms with Crippen LogP contribution in [0.15, 0.2) is 24.3 Å². The number of hydrogen-bond donors (Lipinski definition) is 0. The van der Waals surface area contributed by atoms with Gasteiger partial charge in [0.25, 0.3) is 0 Å². The van der Waals surface area contributed by atoms with Crippen LogP contribution in [0.5, 0.6) is 0 Å². The van der Waals surface area contributed by atoms with Crippen LogP contribution in [0.4, 0.5) is 13.2 Å². The first kappa shape index (κ1) is 12.6. The third-order valence-electron chi connectivity index (χ3n) is 1.36. The van der Waals surface area contributed by atoms with E-state index in [-0.39, 0.29) is 29.6 Å². The van der Waals surface area contributed by atoms with Crippen LogP contribution in [-0.2, 0) is 6.18 Å². The van der Waals surface area contributed by atoms with Crippen LogP contribution in [0, 0.1) is 12.3 Å². The van der Waals surface area contributed by atoms with E-state index >= 15 is 0 Å². The molecule has 0 aliphatic carbocycles. The van der Waals surface area contributed by atoms with Gasteiger partial charge in [-0.2, -0.15) is 13.2 Å². The van der Waals surface area contributed by atoms with Gasteiger partial charge in [-0.25, -0.2) is 0 Å². The van der Waals surface area contributed by atoms with Crippen molar-refractivity contribution >= 4 is 0 Å². The fourth-order valence-corrected chi connectivity index (χ4v) is 0.743. The summed E-state index contributed by atoms with van der Waals surface area (Å²) in [6.07, 6.45) is 2.33. The molecule has 0 nitrogen and oxygen atoms in total. The molecule has 0 heterocycles. The topological polar surface area (TPSA) is 0 Å². The van der Waals surface area contributed by atoms with Gasteiger partial charge in [-0.05, 0) is 0 Å². The Balaban J connectivity index is 0.00000144. The standard InChI is InChI=1S/C9H4F3.Na/c1-2-7-3-5-8(6-4-7)9(10,11)12;/h3-6H;/q-1;+1.